The van der Waals surface area contributed by atoms with E-state index in [0.29, 0.717) is 12.2 Å². The number of pyridine rings is 1. The largest absolute Gasteiger partial charge is 0.494 e. The smallest absolute Gasteiger partial charge is 0.251 e. The van der Waals surface area contributed by atoms with Gasteiger partial charge in [-0.1, -0.05) is 6.07 Å². The minimum Gasteiger partial charge on any atom is -0.494 e. The second-order valence-corrected chi connectivity index (χ2v) is 5.57. The number of nitrogens with one attached hydrogen (secondary N) is 1. The first-order valence-electron chi connectivity index (χ1n) is 7.98. The van der Waals surface area contributed by atoms with Gasteiger partial charge in [-0.25, -0.2) is 0 Å². The molecule has 1 aromatic carbocycles. The Hall–Kier alpha value is -2.82. The van der Waals surface area contributed by atoms with Gasteiger partial charge >= 0.3 is 0 Å². The van der Waals surface area contributed by atoms with Crippen LogP contribution in [0.25, 0.3) is 6.08 Å². The van der Waals surface area contributed by atoms with Crippen molar-refractivity contribution in [3.05, 3.63) is 59.4 Å². The van der Waals surface area contributed by atoms with E-state index in [4.69, 9.17) is 9.47 Å². The van der Waals surface area contributed by atoms with Crippen molar-refractivity contribution in [3.63, 3.8) is 0 Å². The average Bonchev–Trinajstić information content (AvgIpc) is 2.62. The van der Waals surface area contributed by atoms with Crippen LogP contribution in [0.1, 0.15) is 31.0 Å². The maximum absolute atomic E-state index is 12.5. The third kappa shape index (κ3) is 3.56. The number of rotatable bonds is 5. The zero-order valence-electron chi connectivity index (χ0n) is 13.8. The van der Waals surface area contributed by atoms with Gasteiger partial charge in [0.15, 0.2) is 0 Å². The Bertz CT molecular complexity index is 756. The van der Waals surface area contributed by atoms with Gasteiger partial charge < -0.3 is 14.8 Å². The van der Waals surface area contributed by atoms with Crippen molar-refractivity contribution in [2.24, 2.45) is 0 Å². The topological polar surface area (TPSA) is 60.5 Å². The number of hydrogen-bond donors (Lipinski definition) is 1. The van der Waals surface area contributed by atoms with Crippen LogP contribution in [-0.4, -0.2) is 24.1 Å². The molecule has 0 spiro atoms. The minimum atomic E-state index is -0.140. The number of amides is 1. The molecule has 24 heavy (non-hydrogen) atoms. The highest BCUT2D eigenvalue weighted by molar-refractivity contribution is 5.99. The van der Waals surface area contributed by atoms with Crippen LogP contribution in [0.15, 0.2) is 48.3 Å². The summed E-state index contributed by atoms with van der Waals surface area (Å²) in [4.78, 5) is 16.6. The van der Waals surface area contributed by atoms with E-state index in [9.17, 15) is 4.79 Å². The highest BCUT2D eigenvalue weighted by Gasteiger charge is 2.19. The van der Waals surface area contributed by atoms with Crippen LogP contribution in [-0.2, 0) is 4.79 Å². The van der Waals surface area contributed by atoms with Crippen molar-refractivity contribution in [2.45, 2.75) is 19.9 Å². The maximum Gasteiger partial charge on any atom is 0.251 e. The third-order valence-corrected chi connectivity index (χ3v) is 3.83. The summed E-state index contributed by atoms with van der Waals surface area (Å²) < 4.78 is 11.2. The number of fused-ring (bicyclic) bond motifs is 1. The SMILES string of the molecule is CCOc1ccc2c(c1)C=C(C(=O)NC(C)c1cccnc1)CO2. The summed E-state index contributed by atoms with van der Waals surface area (Å²) in [5.74, 6) is 1.38. The Kier molecular flexibility index (Phi) is 4.79. The van der Waals surface area contributed by atoms with Crippen LogP contribution in [0, 0.1) is 0 Å². The summed E-state index contributed by atoms with van der Waals surface area (Å²) >= 11 is 0. The third-order valence-electron chi connectivity index (χ3n) is 3.83. The number of ether oxygens (including phenoxy) is 2. The maximum atomic E-state index is 12.5. The summed E-state index contributed by atoms with van der Waals surface area (Å²) in [5, 5.41) is 2.98. The molecule has 2 heterocycles. The predicted octanol–water partition coefficient (Wildman–Crippen LogP) is 3.13. The van der Waals surface area contributed by atoms with Crippen molar-refractivity contribution in [3.8, 4) is 11.5 Å². The van der Waals surface area contributed by atoms with Crippen LogP contribution in [0.2, 0.25) is 0 Å². The molecule has 3 rings (SSSR count). The molecule has 0 saturated carbocycles. The number of carbonyl (C=O) groups excluding carboxylic acids is 1. The lowest BCUT2D eigenvalue weighted by molar-refractivity contribution is -0.118. The van der Waals surface area contributed by atoms with Crippen LogP contribution in [0.3, 0.4) is 0 Å². The molecule has 0 radical (unpaired) electrons. The van der Waals surface area contributed by atoms with Crippen molar-refractivity contribution >= 4 is 12.0 Å². The number of benzene rings is 1. The monoisotopic (exact) mass is 324 g/mol. The van der Waals surface area contributed by atoms with Gasteiger partial charge in [-0.15, -0.1) is 0 Å². The molecule has 0 bridgehead atoms. The molecule has 1 aromatic heterocycles. The normalized spacial score (nSPS) is 14.0. The zero-order chi connectivity index (χ0) is 16.9. The van der Waals surface area contributed by atoms with Crippen molar-refractivity contribution < 1.29 is 14.3 Å². The number of carbonyl (C=O) groups is 1. The second kappa shape index (κ2) is 7.17. The van der Waals surface area contributed by atoms with Gasteiger partial charge in [0, 0.05) is 18.0 Å². The van der Waals surface area contributed by atoms with E-state index in [0.717, 1.165) is 22.6 Å². The van der Waals surface area contributed by atoms with Crippen LogP contribution in [0.4, 0.5) is 0 Å². The van der Waals surface area contributed by atoms with E-state index in [1.54, 1.807) is 12.4 Å². The first-order chi connectivity index (χ1) is 11.7. The number of aromatic nitrogens is 1. The van der Waals surface area contributed by atoms with E-state index in [1.165, 1.54) is 0 Å². The number of nitrogens with zero attached hydrogens (tertiary/aromatic N) is 1. The number of hydrogen-bond acceptors (Lipinski definition) is 4. The molecule has 1 atom stereocenters. The molecule has 0 aliphatic carbocycles. The summed E-state index contributed by atoms with van der Waals surface area (Å²) in [6.45, 7) is 4.72. The molecule has 1 aliphatic heterocycles. The van der Waals surface area contributed by atoms with E-state index in [2.05, 4.69) is 10.3 Å². The van der Waals surface area contributed by atoms with Crippen LogP contribution in [0.5, 0.6) is 11.5 Å². The average molecular weight is 324 g/mol. The zero-order valence-corrected chi connectivity index (χ0v) is 13.8. The summed E-state index contributed by atoms with van der Waals surface area (Å²) in [7, 11) is 0. The van der Waals surface area contributed by atoms with E-state index in [-0.39, 0.29) is 18.6 Å². The van der Waals surface area contributed by atoms with Crippen LogP contribution < -0.4 is 14.8 Å². The second-order valence-electron chi connectivity index (χ2n) is 5.57. The molecule has 0 saturated heterocycles. The van der Waals surface area contributed by atoms with E-state index >= 15 is 0 Å². The Morgan fingerprint density at radius 3 is 3.04 bits per heavy atom. The quantitative estimate of drug-likeness (QED) is 0.918. The summed E-state index contributed by atoms with van der Waals surface area (Å²) in [6, 6.07) is 9.29. The molecule has 0 fully saturated rings. The Morgan fingerprint density at radius 2 is 2.29 bits per heavy atom. The highest BCUT2D eigenvalue weighted by Crippen LogP contribution is 2.30. The van der Waals surface area contributed by atoms with Crippen molar-refractivity contribution in [2.75, 3.05) is 13.2 Å². The van der Waals surface area contributed by atoms with Gasteiger partial charge in [-0.2, -0.15) is 0 Å². The fourth-order valence-corrected chi connectivity index (χ4v) is 2.55. The minimum absolute atomic E-state index is 0.122. The molecule has 2 aromatic rings. The first kappa shape index (κ1) is 16.1. The van der Waals surface area contributed by atoms with E-state index < -0.39 is 0 Å². The van der Waals surface area contributed by atoms with Gasteiger partial charge in [-0.05, 0) is 49.8 Å². The highest BCUT2D eigenvalue weighted by atomic mass is 16.5. The molecule has 5 nitrogen and oxygen atoms in total. The molecule has 124 valence electrons. The first-order valence-corrected chi connectivity index (χ1v) is 7.98. The Labute approximate surface area is 141 Å². The molecule has 5 heteroatoms. The van der Waals surface area contributed by atoms with Gasteiger partial charge in [0.1, 0.15) is 18.1 Å². The molecule has 1 unspecified atom stereocenters. The lowest BCUT2D eigenvalue weighted by atomic mass is 10.1. The van der Waals surface area contributed by atoms with Gasteiger partial charge in [0.25, 0.3) is 5.91 Å². The molecular weight excluding hydrogens is 304 g/mol. The van der Waals surface area contributed by atoms with Gasteiger partial charge in [0.2, 0.25) is 0 Å². The Morgan fingerprint density at radius 1 is 1.42 bits per heavy atom. The fourth-order valence-electron chi connectivity index (χ4n) is 2.55. The predicted molar refractivity (Wildman–Crippen MR) is 91.9 cm³/mol. The fraction of sp³-hybridized carbons (Fsp3) is 0.263. The summed E-state index contributed by atoms with van der Waals surface area (Å²) in [5.41, 5.74) is 2.40. The van der Waals surface area contributed by atoms with Crippen molar-refractivity contribution in [1.82, 2.24) is 10.3 Å². The Balaban J connectivity index is 1.75. The molecular formula is C19H20N2O3. The van der Waals surface area contributed by atoms with Gasteiger partial charge in [-0.3, -0.25) is 9.78 Å². The van der Waals surface area contributed by atoms with Crippen LogP contribution >= 0.6 is 0 Å². The molecule has 1 aliphatic rings. The standard InChI is InChI=1S/C19H20N2O3/c1-3-23-17-6-7-18-15(10-17)9-16(12-24-18)19(22)21-13(2)14-5-4-8-20-11-14/h4-11,13H,3,12H2,1-2H3,(H,21,22). The molecule has 1 N–H and O–H groups in total. The lowest BCUT2D eigenvalue weighted by Gasteiger charge is -2.20. The van der Waals surface area contributed by atoms with E-state index in [1.807, 2.05) is 50.3 Å². The van der Waals surface area contributed by atoms with Gasteiger partial charge in [0.05, 0.1) is 18.2 Å². The molecule has 1 amide bonds. The summed E-state index contributed by atoms with van der Waals surface area (Å²) in [6.07, 6.45) is 5.31. The van der Waals surface area contributed by atoms with Crippen molar-refractivity contribution in [1.29, 1.82) is 0 Å². The lowest BCUT2D eigenvalue weighted by Crippen LogP contribution is -2.30.